The summed E-state index contributed by atoms with van der Waals surface area (Å²) in [5.74, 6) is 2.82. The Hall–Kier alpha value is -0.740. The lowest BCUT2D eigenvalue weighted by molar-refractivity contribution is 0.0839. The number of allylic oxidation sites excluding steroid dienone is 3. The van der Waals surface area contributed by atoms with Crippen molar-refractivity contribution in [3.05, 3.63) is 29.0 Å². The Morgan fingerprint density at radius 1 is 1.24 bits per heavy atom. The fourth-order valence-corrected chi connectivity index (χ4v) is 6.51. The third-order valence-electron chi connectivity index (χ3n) is 7.82. The molecule has 0 bridgehead atoms. The molecule has 0 heterocycles. The van der Waals surface area contributed by atoms with E-state index in [0.29, 0.717) is 10.8 Å². The molecule has 0 spiro atoms. The molecule has 114 valence electrons. The average Bonchev–Trinajstić information content (AvgIpc) is 2.83. The molecule has 0 radical (unpaired) electrons. The standard InChI is InChI=1S/C21H30/c1-4-15-9-11-18-17-10-8-16-7-5-6-13-20(16,2)19(17)12-14-21(15,18)3/h5,12,15,17-18H,4,6,8-11,13-14H2,1-3H3/t15-,17-,18-,20-,21+/m0/s1. The lowest BCUT2D eigenvalue weighted by atomic mass is 9.51. The van der Waals surface area contributed by atoms with E-state index in [2.05, 4.69) is 38.7 Å². The highest BCUT2D eigenvalue weighted by Gasteiger charge is 2.54. The first-order valence-electron chi connectivity index (χ1n) is 9.24. The highest BCUT2D eigenvalue weighted by Crippen LogP contribution is 2.64. The lowest BCUT2D eigenvalue weighted by Crippen LogP contribution is -2.43. The quantitative estimate of drug-likeness (QED) is 0.405. The molecule has 0 aliphatic heterocycles. The Labute approximate surface area is 130 Å². The van der Waals surface area contributed by atoms with Crippen LogP contribution in [-0.2, 0) is 0 Å². The van der Waals surface area contributed by atoms with Crippen molar-refractivity contribution in [2.45, 2.75) is 72.1 Å². The minimum absolute atomic E-state index is 0.364. The second-order valence-electron chi connectivity index (χ2n) is 8.50. The van der Waals surface area contributed by atoms with Crippen molar-refractivity contribution in [1.29, 1.82) is 0 Å². The van der Waals surface area contributed by atoms with E-state index >= 15 is 0 Å². The molecule has 0 unspecified atom stereocenters. The number of fused-ring (bicyclic) bond motifs is 5. The van der Waals surface area contributed by atoms with Crippen molar-refractivity contribution in [1.82, 2.24) is 0 Å². The van der Waals surface area contributed by atoms with Gasteiger partial charge in [-0.3, -0.25) is 0 Å². The molecule has 5 atom stereocenters. The Morgan fingerprint density at radius 3 is 2.90 bits per heavy atom. The fourth-order valence-electron chi connectivity index (χ4n) is 6.51. The molecule has 4 rings (SSSR count). The summed E-state index contributed by atoms with van der Waals surface area (Å²) in [7, 11) is 0. The van der Waals surface area contributed by atoms with Crippen molar-refractivity contribution in [2.75, 3.05) is 0 Å². The van der Waals surface area contributed by atoms with Gasteiger partial charge in [-0.05, 0) is 79.8 Å². The average molecular weight is 282 g/mol. The van der Waals surface area contributed by atoms with E-state index in [1.54, 1.807) is 5.57 Å². The number of rotatable bonds is 1. The van der Waals surface area contributed by atoms with Crippen LogP contribution in [0, 0.1) is 28.6 Å². The zero-order chi connectivity index (χ0) is 14.7. The highest BCUT2D eigenvalue weighted by molar-refractivity contribution is 5.38. The van der Waals surface area contributed by atoms with E-state index in [1.807, 2.05) is 5.57 Å². The van der Waals surface area contributed by atoms with Crippen LogP contribution in [0.25, 0.3) is 0 Å². The van der Waals surface area contributed by atoms with Crippen molar-refractivity contribution in [3.63, 3.8) is 0 Å². The van der Waals surface area contributed by atoms with Crippen molar-refractivity contribution >= 4 is 0 Å². The zero-order valence-corrected chi connectivity index (χ0v) is 14.0. The summed E-state index contributed by atoms with van der Waals surface area (Å²) in [6.07, 6.45) is 15.9. The highest BCUT2D eigenvalue weighted by atomic mass is 14.6. The lowest BCUT2D eigenvalue weighted by Gasteiger charge is -2.53. The summed E-state index contributed by atoms with van der Waals surface area (Å²) in [4.78, 5) is 0. The second-order valence-corrected chi connectivity index (χ2v) is 8.50. The smallest absolute Gasteiger partial charge is 0.0174 e. The Kier molecular flexibility index (Phi) is 3.06. The largest absolute Gasteiger partial charge is 0.125 e. The van der Waals surface area contributed by atoms with Crippen LogP contribution in [0.2, 0.25) is 0 Å². The molecule has 0 amide bonds. The molecule has 0 N–H and O–H groups in total. The molecule has 0 saturated heterocycles. The van der Waals surface area contributed by atoms with Crippen LogP contribution in [0.3, 0.4) is 0 Å². The van der Waals surface area contributed by atoms with E-state index in [0.717, 1.165) is 17.8 Å². The first kappa shape index (κ1) is 13.9. The third kappa shape index (κ3) is 1.75. The zero-order valence-electron chi connectivity index (χ0n) is 14.0. The molecule has 0 heteroatoms. The first-order valence-corrected chi connectivity index (χ1v) is 9.24. The minimum atomic E-state index is 0.364. The molecule has 4 aliphatic rings. The van der Waals surface area contributed by atoms with Gasteiger partial charge in [0.15, 0.2) is 0 Å². The maximum atomic E-state index is 3.63. The van der Waals surface area contributed by atoms with E-state index in [4.69, 9.17) is 0 Å². The van der Waals surface area contributed by atoms with Gasteiger partial charge in [-0.15, -0.1) is 5.73 Å². The molecule has 0 aromatic heterocycles. The maximum Gasteiger partial charge on any atom is 0.0174 e. The van der Waals surface area contributed by atoms with Gasteiger partial charge in [0.2, 0.25) is 0 Å². The molecule has 0 aromatic carbocycles. The number of hydrogen-bond donors (Lipinski definition) is 0. The molecule has 0 aromatic rings. The Balaban J connectivity index is 1.76. The van der Waals surface area contributed by atoms with Crippen LogP contribution in [-0.4, -0.2) is 0 Å². The van der Waals surface area contributed by atoms with Gasteiger partial charge in [0.1, 0.15) is 0 Å². The number of hydrogen-bond acceptors (Lipinski definition) is 0. The van der Waals surface area contributed by atoms with E-state index in [1.165, 1.54) is 51.4 Å². The van der Waals surface area contributed by atoms with Gasteiger partial charge in [0, 0.05) is 5.41 Å². The normalized spacial score (nSPS) is 48.0. The summed E-state index contributed by atoms with van der Waals surface area (Å²) in [5, 5.41) is 0. The van der Waals surface area contributed by atoms with Gasteiger partial charge in [-0.25, -0.2) is 0 Å². The van der Waals surface area contributed by atoms with Gasteiger partial charge in [-0.2, -0.15) is 0 Å². The van der Waals surface area contributed by atoms with Crippen LogP contribution in [0.5, 0.6) is 0 Å². The SMILES string of the molecule is CC[C@H]1CC[C@H]2[C@@H]3CCC4=C=CCC[C@]4(C)C3=CC[C@]12C. The van der Waals surface area contributed by atoms with Gasteiger partial charge in [-0.1, -0.05) is 38.8 Å². The monoisotopic (exact) mass is 282 g/mol. The Morgan fingerprint density at radius 2 is 2.10 bits per heavy atom. The second kappa shape index (κ2) is 4.63. The molecular weight excluding hydrogens is 252 g/mol. The molecule has 0 nitrogen and oxygen atoms in total. The molecule has 2 saturated carbocycles. The van der Waals surface area contributed by atoms with Gasteiger partial charge >= 0.3 is 0 Å². The van der Waals surface area contributed by atoms with Crippen LogP contribution >= 0.6 is 0 Å². The van der Waals surface area contributed by atoms with Gasteiger partial charge in [0.05, 0.1) is 0 Å². The summed E-state index contributed by atoms with van der Waals surface area (Å²) in [6.45, 7) is 7.54. The summed E-state index contributed by atoms with van der Waals surface area (Å²) in [6, 6.07) is 0. The fraction of sp³-hybridized carbons (Fsp3) is 0.762. The Bertz CT molecular complexity index is 544. The summed E-state index contributed by atoms with van der Waals surface area (Å²) in [5.41, 5.74) is 8.04. The van der Waals surface area contributed by atoms with Gasteiger partial charge in [0.25, 0.3) is 0 Å². The van der Waals surface area contributed by atoms with Crippen molar-refractivity contribution < 1.29 is 0 Å². The molecule has 2 fully saturated rings. The maximum absolute atomic E-state index is 3.63. The molecular formula is C21H30. The van der Waals surface area contributed by atoms with E-state index < -0.39 is 0 Å². The molecule has 4 aliphatic carbocycles. The minimum Gasteiger partial charge on any atom is -0.125 e. The van der Waals surface area contributed by atoms with Crippen molar-refractivity contribution in [3.8, 4) is 0 Å². The van der Waals surface area contributed by atoms with E-state index in [9.17, 15) is 0 Å². The van der Waals surface area contributed by atoms with Crippen LogP contribution < -0.4 is 0 Å². The van der Waals surface area contributed by atoms with Crippen LogP contribution in [0.4, 0.5) is 0 Å². The van der Waals surface area contributed by atoms with E-state index in [-0.39, 0.29) is 0 Å². The topological polar surface area (TPSA) is 0 Å². The van der Waals surface area contributed by atoms with Crippen molar-refractivity contribution in [2.24, 2.45) is 28.6 Å². The summed E-state index contributed by atoms with van der Waals surface area (Å²) < 4.78 is 0. The first-order chi connectivity index (χ1) is 10.1. The predicted molar refractivity (Wildman–Crippen MR) is 89.0 cm³/mol. The van der Waals surface area contributed by atoms with Crippen LogP contribution in [0.1, 0.15) is 72.1 Å². The van der Waals surface area contributed by atoms with Crippen LogP contribution in [0.15, 0.2) is 29.0 Å². The molecule has 21 heavy (non-hydrogen) atoms. The predicted octanol–water partition coefficient (Wildman–Crippen LogP) is 6.05. The third-order valence-corrected chi connectivity index (χ3v) is 7.82. The summed E-state index contributed by atoms with van der Waals surface area (Å²) >= 11 is 0. The van der Waals surface area contributed by atoms with Gasteiger partial charge < -0.3 is 0 Å².